The third-order valence-electron chi connectivity index (χ3n) is 4.38. The Balaban J connectivity index is 1.89. The Morgan fingerprint density at radius 2 is 1.36 bits per heavy atom. The van der Waals surface area contributed by atoms with Gasteiger partial charge in [-0.3, -0.25) is 0 Å². The molecule has 1 atom stereocenters. The minimum absolute atomic E-state index is 0.0542. The predicted molar refractivity (Wildman–Crippen MR) is 98.1 cm³/mol. The van der Waals surface area contributed by atoms with Gasteiger partial charge < -0.3 is 0 Å². The molecule has 2 aromatic carbocycles. The second-order valence-electron chi connectivity index (χ2n) is 6.31. The van der Waals surface area contributed by atoms with E-state index in [1.165, 1.54) is 4.31 Å². The lowest BCUT2D eigenvalue weighted by Gasteiger charge is -2.25. The van der Waals surface area contributed by atoms with Gasteiger partial charge >= 0.3 is 0 Å². The van der Waals surface area contributed by atoms with E-state index in [1.54, 1.807) is 0 Å². The summed E-state index contributed by atoms with van der Waals surface area (Å²) < 4.78 is 51.1. The van der Waals surface area contributed by atoms with Crippen molar-refractivity contribution in [2.45, 2.75) is 24.8 Å². The standard InChI is InChI=1S/C18H21NO4S2/c20-24(21)12-11-18(15-24)25(22,23)19(13-16-7-3-1-4-8-16)14-17-9-5-2-6-10-17/h1-10,18H,11-15H2/t18-/m1/s1. The second-order valence-corrected chi connectivity index (χ2v) is 10.8. The fraction of sp³-hybridized carbons (Fsp3) is 0.333. The summed E-state index contributed by atoms with van der Waals surface area (Å²) >= 11 is 0. The van der Waals surface area contributed by atoms with E-state index in [4.69, 9.17) is 0 Å². The molecule has 1 saturated heterocycles. The second kappa shape index (κ2) is 7.27. The lowest BCUT2D eigenvalue weighted by atomic mass is 10.2. The first kappa shape index (κ1) is 18.1. The van der Waals surface area contributed by atoms with E-state index < -0.39 is 25.1 Å². The highest BCUT2D eigenvalue weighted by atomic mass is 32.2. The quantitative estimate of drug-likeness (QED) is 0.771. The van der Waals surface area contributed by atoms with Crippen molar-refractivity contribution in [3.63, 3.8) is 0 Å². The smallest absolute Gasteiger partial charge is 0.218 e. The maximum Gasteiger partial charge on any atom is 0.218 e. The molecule has 1 aliphatic rings. The minimum atomic E-state index is -3.71. The van der Waals surface area contributed by atoms with Crippen LogP contribution in [0.1, 0.15) is 17.5 Å². The lowest BCUT2D eigenvalue weighted by molar-refractivity contribution is 0.395. The molecule has 0 amide bonds. The highest BCUT2D eigenvalue weighted by molar-refractivity contribution is 7.95. The molecule has 0 spiro atoms. The van der Waals surface area contributed by atoms with Crippen molar-refractivity contribution in [1.29, 1.82) is 0 Å². The normalized spacial score (nSPS) is 20.0. The summed E-state index contributed by atoms with van der Waals surface area (Å²) in [5.41, 5.74) is 1.76. The Hall–Kier alpha value is -1.70. The van der Waals surface area contributed by atoms with Gasteiger partial charge in [0.15, 0.2) is 9.84 Å². The Bertz CT molecular complexity index is 869. The first-order chi connectivity index (χ1) is 11.9. The maximum absolute atomic E-state index is 13.1. The molecule has 0 unspecified atom stereocenters. The van der Waals surface area contributed by atoms with Gasteiger partial charge in [0.05, 0.1) is 16.8 Å². The Kier molecular flexibility index (Phi) is 5.27. The van der Waals surface area contributed by atoms with Crippen LogP contribution < -0.4 is 0 Å². The molecule has 0 radical (unpaired) electrons. The molecule has 2 aromatic rings. The zero-order valence-corrected chi connectivity index (χ0v) is 15.4. The fourth-order valence-corrected chi connectivity index (χ4v) is 7.51. The van der Waals surface area contributed by atoms with Crippen molar-refractivity contribution in [3.8, 4) is 0 Å². The minimum Gasteiger partial charge on any atom is -0.229 e. The number of benzene rings is 2. The third-order valence-corrected chi connectivity index (χ3v) is 8.58. The summed E-state index contributed by atoms with van der Waals surface area (Å²) in [6.07, 6.45) is 0.171. The van der Waals surface area contributed by atoms with Crippen LogP contribution in [0.5, 0.6) is 0 Å². The molecule has 0 bridgehead atoms. The summed E-state index contributed by atoms with van der Waals surface area (Å²) in [5, 5.41) is -0.857. The highest BCUT2D eigenvalue weighted by Crippen LogP contribution is 2.25. The Morgan fingerprint density at radius 3 is 1.76 bits per heavy atom. The maximum atomic E-state index is 13.1. The van der Waals surface area contributed by atoms with Crippen LogP contribution in [0.3, 0.4) is 0 Å². The van der Waals surface area contributed by atoms with E-state index in [0.717, 1.165) is 11.1 Å². The van der Waals surface area contributed by atoms with Gasteiger partial charge in [0, 0.05) is 13.1 Å². The molecule has 3 rings (SSSR count). The van der Waals surface area contributed by atoms with Crippen LogP contribution in [0.25, 0.3) is 0 Å². The van der Waals surface area contributed by atoms with Crippen LogP contribution in [0, 0.1) is 0 Å². The van der Waals surface area contributed by atoms with E-state index in [0.29, 0.717) is 0 Å². The van der Waals surface area contributed by atoms with E-state index in [-0.39, 0.29) is 31.0 Å². The molecule has 1 heterocycles. The topological polar surface area (TPSA) is 71.5 Å². The summed E-state index contributed by atoms with van der Waals surface area (Å²) in [5.74, 6) is -0.336. The van der Waals surface area contributed by atoms with Crippen molar-refractivity contribution in [1.82, 2.24) is 4.31 Å². The number of rotatable bonds is 6. The van der Waals surface area contributed by atoms with Crippen molar-refractivity contribution >= 4 is 19.9 Å². The first-order valence-electron chi connectivity index (χ1n) is 8.14. The van der Waals surface area contributed by atoms with Crippen LogP contribution in [-0.2, 0) is 33.0 Å². The molecular weight excluding hydrogens is 358 g/mol. The van der Waals surface area contributed by atoms with Gasteiger partial charge in [-0.2, -0.15) is 4.31 Å². The Morgan fingerprint density at radius 1 is 0.880 bits per heavy atom. The lowest BCUT2D eigenvalue weighted by Crippen LogP contribution is -2.38. The average Bonchev–Trinajstić information content (AvgIpc) is 2.97. The van der Waals surface area contributed by atoms with E-state index >= 15 is 0 Å². The van der Waals surface area contributed by atoms with Gasteiger partial charge in [0.1, 0.15) is 0 Å². The van der Waals surface area contributed by atoms with E-state index in [9.17, 15) is 16.8 Å². The summed E-state index contributed by atoms with van der Waals surface area (Å²) in [6, 6.07) is 18.7. The number of sulfonamides is 1. The molecule has 0 N–H and O–H groups in total. The number of nitrogens with zero attached hydrogens (tertiary/aromatic N) is 1. The van der Waals surface area contributed by atoms with Crippen LogP contribution in [0.15, 0.2) is 60.7 Å². The number of sulfone groups is 1. The molecule has 1 aliphatic heterocycles. The zero-order chi connectivity index (χ0) is 17.9. The average molecular weight is 380 g/mol. The van der Waals surface area contributed by atoms with Gasteiger partial charge in [-0.25, -0.2) is 16.8 Å². The van der Waals surface area contributed by atoms with Crippen molar-refractivity contribution in [2.24, 2.45) is 0 Å². The summed E-state index contributed by atoms with van der Waals surface area (Å²) in [4.78, 5) is 0. The summed E-state index contributed by atoms with van der Waals surface area (Å²) in [6.45, 7) is 0.462. The zero-order valence-electron chi connectivity index (χ0n) is 13.8. The first-order valence-corrected chi connectivity index (χ1v) is 11.5. The van der Waals surface area contributed by atoms with Crippen molar-refractivity contribution in [3.05, 3.63) is 71.8 Å². The molecule has 25 heavy (non-hydrogen) atoms. The molecule has 7 heteroatoms. The van der Waals surface area contributed by atoms with Crippen LogP contribution in [0.2, 0.25) is 0 Å². The van der Waals surface area contributed by atoms with Gasteiger partial charge in [-0.05, 0) is 17.5 Å². The molecule has 0 aromatic heterocycles. The SMILES string of the molecule is O=S1(=O)CC[C@@H](S(=O)(=O)N(Cc2ccccc2)Cc2ccccc2)C1. The molecule has 0 saturated carbocycles. The number of hydrogen-bond donors (Lipinski definition) is 0. The van der Waals surface area contributed by atoms with Gasteiger partial charge in [0.2, 0.25) is 10.0 Å². The van der Waals surface area contributed by atoms with Crippen molar-refractivity contribution in [2.75, 3.05) is 11.5 Å². The van der Waals surface area contributed by atoms with Crippen LogP contribution in [-0.4, -0.2) is 37.9 Å². The molecule has 1 fully saturated rings. The molecular formula is C18H21NO4S2. The molecule has 0 aliphatic carbocycles. The predicted octanol–water partition coefficient (Wildman–Crippen LogP) is 2.21. The highest BCUT2D eigenvalue weighted by Gasteiger charge is 2.40. The van der Waals surface area contributed by atoms with Gasteiger partial charge in [-0.15, -0.1) is 0 Å². The fourth-order valence-electron chi connectivity index (χ4n) is 3.02. The van der Waals surface area contributed by atoms with Gasteiger partial charge in [-0.1, -0.05) is 60.7 Å². The van der Waals surface area contributed by atoms with Gasteiger partial charge in [0.25, 0.3) is 0 Å². The number of hydrogen-bond acceptors (Lipinski definition) is 4. The van der Waals surface area contributed by atoms with Crippen molar-refractivity contribution < 1.29 is 16.8 Å². The largest absolute Gasteiger partial charge is 0.229 e. The van der Waals surface area contributed by atoms with E-state index in [1.807, 2.05) is 60.7 Å². The third kappa shape index (κ3) is 4.48. The monoisotopic (exact) mass is 379 g/mol. The molecule has 5 nitrogen and oxygen atoms in total. The van der Waals surface area contributed by atoms with E-state index in [2.05, 4.69) is 0 Å². The summed E-state index contributed by atoms with van der Waals surface area (Å²) in [7, 11) is -6.98. The Labute approximate surface area is 149 Å². The van der Waals surface area contributed by atoms with Crippen LogP contribution >= 0.6 is 0 Å². The molecule has 134 valence electrons. The van der Waals surface area contributed by atoms with Crippen LogP contribution in [0.4, 0.5) is 0 Å².